The normalized spacial score (nSPS) is 10.4. The zero-order chi connectivity index (χ0) is 16.9. The van der Waals surface area contributed by atoms with Crippen LogP contribution in [0.1, 0.15) is 16.1 Å². The van der Waals surface area contributed by atoms with E-state index in [4.69, 9.17) is 9.26 Å². The van der Waals surface area contributed by atoms with Crippen LogP contribution in [0.3, 0.4) is 0 Å². The van der Waals surface area contributed by atoms with Crippen molar-refractivity contribution in [2.45, 2.75) is 6.54 Å². The highest BCUT2D eigenvalue weighted by atomic mass is 19.1. The summed E-state index contributed by atoms with van der Waals surface area (Å²) in [5.74, 6) is 0.388. The van der Waals surface area contributed by atoms with Gasteiger partial charge < -0.3 is 14.6 Å². The topological polar surface area (TPSA) is 64.4 Å². The Balaban J connectivity index is 1.70. The molecule has 24 heavy (non-hydrogen) atoms. The first-order valence-electron chi connectivity index (χ1n) is 7.30. The lowest BCUT2D eigenvalue weighted by Gasteiger charge is -2.04. The quantitative estimate of drug-likeness (QED) is 0.780. The van der Waals surface area contributed by atoms with Crippen molar-refractivity contribution in [1.82, 2.24) is 10.5 Å². The van der Waals surface area contributed by atoms with Crippen LogP contribution < -0.4 is 10.1 Å². The van der Waals surface area contributed by atoms with Crippen LogP contribution in [0, 0.1) is 5.82 Å². The van der Waals surface area contributed by atoms with E-state index in [1.807, 2.05) is 18.2 Å². The molecule has 0 saturated carbocycles. The van der Waals surface area contributed by atoms with Crippen LogP contribution in [0.25, 0.3) is 11.3 Å². The highest BCUT2D eigenvalue weighted by Crippen LogP contribution is 2.29. The molecule has 3 aromatic rings. The van der Waals surface area contributed by atoms with E-state index in [2.05, 4.69) is 10.5 Å². The van der Waals surface area contributed by atoms with Crippen LogP contribution in [-0.4, -0.2) is 18.2 Å². The largest absolute Gasteiger partial charge is 0.496 e. The lowest BCUT2D eigenvalue weighted by molar-refractivity contribution is 0.0942. The first-order chi connectivity index (χ1) is 11.7. The lowest BCUT2D eigenvalue weighted by Crippen LogP contribution is -2.23. The van der Waals surface area contributed by atoms with Crippen LogP contribution in [0.5, 0.6) is 5.75 Å². The van der Waals surface area contributed by atoms with Crippen molar-refractivity contribution in [1.29, 1.82) is 0 Å². The fourth-order valence-electron chi connectivity index (χ4n) is 2.23. The zero-order valence-corrected chi connectivity index (χ0v) is 13.0. The number of methoxy groups -OCH3 is 1. The molecule has 6 heteroatoms. The molecule has 0 radical (unpaired) electrons. The van der Waals surface area contributed by atoms with Gasteiger partial charge in [-0.05, 0) is 29.8 Å². The Kier molecular flexibility index (Phi) is 4.56. The number of nitrogens with zero attached hydrogens (tertiary/aromatic N) is 1. The van der Waals surface area contributed by atoms with Crippen molar-refractivity contribution in [3.05, 3.63) is 71.7 Å². The maximum Gasteiger partial charge on any atom is 0.273 e. The number of carbonyl (C=O) groups excluding carboxylic acids is 1. The van der Waals surface area contributed by atoms with Crippen molar-refractivity contribution in [3.8, 4) is 17.1 Å². The maximum absolute atomic E-state index is 12.9. The van der Waals surface area contributed by atoms with E-state index in [-0.39, 0.29) is 24.0 Å². The molecule has 0 saturated heterocycles. The minimum atomic E-state index is -0.371. The molecule has 0 spiro atoms. The molecule has 2 aromatic carbocycles. The average Bonchev–Trinajstić information content (AvgIpc) is 3.11. The maximum atomic E-state index is 12.9. The predicted octanol–water partition coefficient (Wildman–Crippen LogP) is 3.42. The summed E-state index contributed by atoms with van der Waals surface area (Å²) >= 11 is 0. The Morgan fingerprint density at radius 3 is 2.71 bits per heavy atom. The molecule has 5 nitrogen and oxygen atoms in total. The monoisotopic (exact) mass is 326 g/mol. The number of hydrogen-bond donors (Lipinski definition) is 1. The molecule has 0 fully saturated rings. The number of aromatic nitrogens is 1. The Morgan fingerprint density at radius 1 is 1.21 bits per heavy atom. The summed E-state index contributed by atoms with van der Waals surface area (Å²) in [6.45, 7) is 0.274. The van der Waals surface area contributed by atoms with Crippen LogP contribution >= 0.6 is 0 Å². The molecule has 122 valence electrons. The van der Waals surface area contributed by atoms with Gasteiger partial charge in [-0.3, -0.25) is 4.79 Å². The molecule has 1 heterocycles. The highest BCUT2D eigenvalue weighted by Gasteiger charge is 2.15. The summed E-state index contributed by atoms with van der Waals surface area (Å²) in [7, 11) is 1.56. The summed E-state index contributed by atoms with van der Waals surface area (Å²) in [6, 6.07) is 14.8. The van der Waals surface area contributed by atoms with Gasteiger partial charge in [0.1, 0.15) is 11.6 Å². The fourth-order valence-corrected chi connectivity index (χ4v) is 2.23. The second-order valence-corrected chi connectivity index (χ2v) is 5.09. The molecule has 1 N–H and O–H groups in total. The number of nitrogens with one attached hydrogen (secondary N) is 1. The fraction of sp³-hybridized carbons (Fsp3) is 0.111. The van der Waals surface area contributed by atoms with Crippen LogP contribution in [0.15, 0.2) is 59.1 Å². The molecular weight excluding hydrogens is 311 g/mol. The summed E-state index contributed by atoms with van der Waals surface area (Å²) in [5.41, 5.74) is 1.67. The Morgan fingerprint density at radius 2 is 1.96 bits per heavy atom. The van der Waals surface area contributed by atoms with E-state index < -0.39 is 0 Å². The zero-order valence-electron chi connectivity index (χ0n) is 13.0. The summed E-state index contributed by atoms with van der Waals surface area (Å²) < 4.78 is 23.4. The van der Waals surface area contributed by atoms with Gasteiger partial charge in [0.15, 0.2) is 11.5 Å². The van der Waals surface area contributed by atoms with Crippen molar-refractivity contribution >= 4 is 5.91 Å². The number of benzene rings is 2. The second-order valence-electron chi connectivity index (χ2n) is 5.09. The first-order valence-corrected chi connectivity index (χ1v) is 7.30. The molecule has 1 amide bonds. The number of rotatable bonds is 5. The van der Waals surface area contributed by atoms with Crippen molar-refractivity contribution < 1.29 is 18.4 Å². The summed E-state index contributed by atoms with van der Waals surface area (Å²) in [4.78, 5) is 12.1. The molecule has 0 bridgehead atoms. The predicted molar refractivity (Wildman–Crippen MR) is 86.1 cm³/mol. The molecule has 0 unspecified atom stereocenters. The third kappa shape index (κ3) is 3.43. The smallest absolute Gasteiger partial charge is 0.273 e. The van der Waals surface area contributed by atoms with Gasteiger partial charge in [0, 0.05) is 12.6 Å². The number of carbonyl (C=O) groups is 1. The molecule has 0 aliphatic rings. The Hall–Kier alpha value is -3.15. The van der Waals surface area contributed by atoms with E-state index in [9.17, 15) is 9.18 Å². The van der Waals surface area contributed by atoms with E-state index in [1.165, 1.54) is 12.1 Å². The Labute approximate surface area is 138 Å². The third-order valence-corrected chi connectivity index (χ3v) is 3.48. The van der Waals surface area contributed by atoms with Gasteiger partial charge in [-0.15, -0.1) is 0 Å². The van der Waals surface area contributed by atoms with Crippen LogP contribution in [-0.2, 0) is 6.54 Å². The number of amides is 1. The van der Waals surface area contributed by atoms with Crippen LogP contribution in [0.4, 0.5) is 4.39 Å². The molecule has 0 aliphatic heterocycles. The van der Waals surface area contributed by atoms with E-state index in [0.29, 0.717) is 17.1 Å². The molecule has 1 aromatic heterocycles. The van der Waals surface area contributed by atoms with E-state index >= 15 is 0 Å². The minimum Gasteiger partial charge on any atom is -0.496 e. The van der Waals surface area contributed by atoms with E-state index in [1.54, 1.807) is 31.4 Å². The second kappa shape index (κ2) is 6.95. The molecule has 3 rings (SSSR count). The molecule has 0 aliphatic carbocycles. The highest BCUT2D eigenvalue weighted by molar-refractivity contribution is 5.93. The molecule has 0 atom stereocenters. The number of halogens is 1. The average molecular weight is 326 g/mol. The van der Waals surface area contributed by atoms with Gasteiger partial charge in [0.2, 0.25) is 0 Å². The standard InChI is InChI=1S/C18H15FN2O3/c1-23-16-5-3-2-4-14(16)17-10-15(21-24-17)18(22)20-11-12-6-8-13(19)9-7-12/h2-10H,11H2,1H3,(H,20,22). The lowest BCUT2D eigenvalue weighted by atomic mass is 10.1. The number of ether oxygens (including phenoxy) is 1. The third-order valence-electron chi connectivity index (χ3n) is 3.48. The number of para-hydroxylation sites is 1. The van der Waals surface area contributed by atoms with Crippen molar-refractivity contribution in [3.63, 3.8) is 0 Å². The molecular formula is C18H15FN2O3. The summed E-state index contributed by atoms with van der Waals surface area (Å²) in [5, 5.41) is 6.50. The van der Waals surface area contributed by atoms with E-state index in [0.717, 1.165) is 5.56 Å². The van der Waals surface area contributed by atoms with Gasteiger partial charge in [0.25, 0.3) is 5.91 Å². The van der Waals surface area contributed by atoms with Crippen LogP contribution in [0.2, 0.25) is 0 Å². The van der Waals surface area contributed by atoms with Crippen molar-refractivity contribution in [2.75, 3.05) is 7.11 Å². The van der Waals surface area contributed by atoms with Gasteiger partial charge in [-0.1, -0.05) is 29.4 Å². The Bertz CT molecular complexity index is 843. The first kappa shape index (κ1) is 15.7. The van der Waals surface area contributed by atoms with Gasteiger partial charge >= 0.3 is 0 Å². The number of hydrogen-bond acceptors (Lipinski definition) is 4. The minimum absolute atomic E-state index is 0.165. The van der Waals surface area contributed by atoms with Gasteiger partial charge in [-0.2, -0.15) is 0 Å². The SMILES string of the molecule is COc1ccccc1-c1cc(C(=O)NCc2ccc(F)cc2)no1. The van der Waals surface area contributed by atoms with Gasteiger partial charge in [0.05, 0.1) is 12.7 Å². The van der Waals surface area contributed by atoms with Gasteiger partial charge in [-0.25, -0.2) is 4.39 Å². The summed E-state index contributed by atoms with van der Waals surface area (Å²) in [6.07, 6.45) is 0. The van der Waals surface area contributed by atoms with Crippen molar-refractivity contribution in [2.24, 2.45) is 0 Å².